The fourth-order valence-electron chi connectivity index (χ4n) is 2.76. The summed E-state index contributed by atoms with van der Waals surface area (Å²) in [4.78, 5) is 6.51. The molecule has 0 bridgehead atoms. The van der Waals surface area contributed by atoms with Crippen LogP contribution in [0.15, 0.2) is 30.5 Å². The van der Waals surface area contributed by atoms with Crippen LogP contribution < -0.4 is 0 Å². The van der Waals surface area contributed by atoms with Crippen molar-refractivity contribution in [2.45, 2.75) is 25.5 Å². The minimum atomic E-state index is -0.262. The molecule has 4 heteroatoms. The molecule has 0 saturated carbocycles. The van der Waals surface area contributed by atoms with E-state index in [1.807, 2.05) is 12.1 Å². The van der Waals surface area contributed by atoms with E-state index in [2.05, 4.69) is 9.88 Å². The maximum Gasteiger partial charge on any atom is 0.124 e. The Balaban J connectivity index is 1.91. The highest BCUT2D eigenvalue weighted by Crippen LogP contribution is 2.21. The number of fused-ring (bicyclic) bond motifs is 1. The second-order valence-corrected chi connectivity index (χ2v) is 5.17. The number of hydrogen-bond acceptors (Lipinski definition) is 3. The Hall–Kier alpha value is -1.52. The molecule has 19 heavy (non-hydrogen) atoms. The van der Waals surface area contributed by atoms with E-state index >= 15 is 0 Å². The number of nitrogens with zero attached hydrogens (tertiary/aromatic N) is 2. The summed E-state index contributed by atoms with van der Waals surface area (Å²) in [6.45, 7) is 2.25. The van der Waals surface area contributed by atoms with Gasteiger partial charge in [-0.1, -0.05) is 6.07 Å². The van der Waals surface area contributed by atoms with Crippen molar-refractivity contribution in [3.63, 3.8) is 0 Å². The van der Waals surface area contributed by atoms with Crippen LogP contribution in [0, 0.1) is 5.82 Å². The molecule has 3 nitrogen and oxygen atoms in total. The molecule has 0 spiro atoms. The summed E-state index contributed by atoms with van der Waals surface area (Å²) < 4.78 is 13.6. The molecule has 1 saturated heterocycles. The summed E-state index contributed by atoms with van der Waals surface area (Å²) in [6, 6.07) is 6.75. The fourth-order valence-corrected chi connectivity index (χ4v) is 2.76. The lowest BCUT2D eigenvalue weighted by Crippen LogP contribution is -2.37. The quantitative estimate of drug-likeness (QED) is 0.900. The second-order valence-electron chi connectivity index (χ2n) is 5.17. The van der Waals surface area contributed by atoms with Gasteiger partial charge < -0.3 is 5.11 Å². The topological polar surface area (TPSA) is 36.4 Å². The SMILES string of the molecule is O[C@H]1CCCN(Cc2cc(F)cc3cccnc23)C1. The van der Waals surface area contributed by atoms with Gasteiger partial charge in [-0.05, 0) is 43.1 Å². The molecule has 1 aromatic carbocycles. The van der Waals surface area contributed by atoms with Crippen molar-refractivity contribution in [3.05, 3.63) is 41.8 Å². The monoisotopic (exact) mass is 260 g/mol. The van der Waals surface area contributed by atoms with Crippen molar-refractivity contribution in [1.29, 1.82) is 0 Å². The molecule has 2 heterocycles. The van der Waals surface area contributed by atoms with Gasteiger partial charge >= 0.3 is 0 Å². The zero-order chi connectivity index (χ0) is 13.2. The molecule has 100 valence electrons. The predicted octanol–water partition coefficient (Wildman–Crippen LogP) is 2.33. The van der Waals surface area contributed by atoms with Gasteiger partial charge in [0.2, 0.25) is 0 Å². The van der Waals surface area contributed by atoms with Crippen LogP contribution in [0.3, 0.4) is 0 Å². The van der Waals surface area contributed by atoms with E-state index in [0.29, 0.717) is 13.1 Å². The van der Waals surface area contributed by atoms with Crippen LogP contribution in [0.4, 0.5) is 4.39 Å². The zero-order valence-corrected chi connectivity index (χ0v) is 10.7. The third-order valence-corrected chi connectivity index (χ3v) is 3.62. The minimum Gasteiger partial charge on any atom is -0.392 e. The first kappa shape index (κ1) is 12.5. The molecule has 1 atom stereocenters. The zero-order valence-electron chi connectivity index (χ0n) is 10.7. The molecule has 1 aliphatic heterocycles. The number of β-amino-alcohol motifs (C(OH)–C–C–N with tert-alkyl or cyclic N) is 1. The smallest absolute Gasteiger partial charge is 0.124 e. The Morgan fingerprint density at radius 2 is 2.32 bits per heavy atom. The van der Waals surface area contributed by atoms with Crippen LogP contribution in [-0.2, 0) is 6.54 Å². The van der Waals surface area contributed by atoms with Gasteiger partial charge in [0.15, 0.2) is 0 Å². The maximum absolute atomic E-state index is 13.6. The summed E-state index contributed by atoms with van der Waals surface area (Å²) in [5.41, 5.74) is 1.74. The largest absolute Gasteiger partial charge is 0.392 e. The number of piperidine rings is 1. The summed E-state index contributed by atoms with van der Waals surface area (Å²) in [5.74, 6) is -0.229. The van der Waals surface area contributed by atoms with Crippen molar-refractivity contribution in [1.82, 2.24) is 9.88 Å². The minimum absolute atomic E-state index is 0.229. The average molecular weight is 260 g/mol. The van der Waals surface area contributed by atoms with Gasteiger partial charge in [0.1, 0.15) is 5.82 Å². The van der Waals surface area contributed by atoms with Crippen molar-refractivity contribution < 1.29 is 9.50 Å². The van der Waals surface area contributed by atoms with Gasteiger partial charge in [-0.15, -0.1) is 0 Å². The lowest BCUT2D eigenvalue weighted by atomic mass is 10.1. The Bertz CT molecular complexity index is 587. The van der Waals surface area contributed by atoms with Crippen molar-refractivity contribution in [2.24, 2.45) is 0 Å². The molecule has 1 aromatic heterocycles. The van der Waals surface area contributed by atoms with E-state index in [-0.39, 0.29) is 11.9 Å². The molecule has 3 rings (SSSR count). The number of likely N-dealkylation sites (tertiary alicyclic amines) is 1. The lowest BCUT2D eigenvalue weighted by molar-refractivity contribution is 0.0670. The van der Waals surface area contributed by atoms with Gasteiger partial charge in [0, 0.05) is 24.7 Å². The van der Waals surface area contributed by atoms with E-state index < -0.39 is 0 Å². The van der Waals surface area contributed by atoms with Crippen molar-refractivity contribution >= 4 is 10.9 Å². The van der Waals surface area contributed by atoms with Crippen LogP contribution in [0.5, 0.6) is 0 Å². The molecule has 2 aromatic rings. The number of halogens is 1. The fraction of sp³-hybridized carbons (Fsp3) is 0.400. The number of pyridine rings is 1. The summed E-state index contributed by atoms with van der Waals surface area (Å²) in [6.07, 6.45) is 3.32. The third-order valence-electron chi connectivity index (χ3n) is 3.62. The molecule has 0 unspecified atom stereocenters. The Morgan fingerprint density at radius 1 is 1.42 bits per heavy atom. The van der Waals surface area contributed by atoms with Crippen LogP contribution in [0.25, 0.3) is 10.9 Å². The summed E-state index contributed by atoms with van der Waals surface area (Å²) in [7, 11) is 0. The summed E-state index contributed by atoms with van der Waals surface area (Å²) in [5, 5.41) is 10.5. The van der Waals surface area contributed by atoms with E-state index in [4.69, 9.17) is 0 Å². The van der Waals surface area contributed by atoms with Gasteiger partial charge in [0.25, 0.3) is 0 Å². The Morgan fingerprint density at radius 3 is 3.16 bits per heavy atom. The van der Waals surface area contributed by atoms with Gasteiger partial charge in [-0.2, -0.15) is 0 Å². The molecule has 0 amide bonds. The second kappa shape index (κ2) is 5.23. The first-order valence-electron chi connectivity index (χ1n) is 6.66. The summed E-state index contributed by atoms with van der Waals surface area (Å²) >= 11 is 0. The molecular weight excluding hydrogens is 243 g/mol. The molecule has 0 radical (unpaired) electrons. The molecule has 0 aliphatic carbocycles. The highest BCUT2D eigenvalue weighted by molar-refractivity contribution is 5.81. The average Bonchev–Trinajstić information content (AvgIpc) is 2.38. The van der Waals surface area contributed by atoms with Crippen LogP contribution in [0.1, 0.15) is 18.4 Å². The number of benzene rings is 1. The van der Waals surface area contributed by atoms with Crippen molar-refractivity contribution in [2.75, 3.05) is 13.1 Å². The normalized spacial score (nSPS) is 20.8. The van der Waals surface area contributed by atoms with Crippen molar-refractivity contribution in [3.8, 4) is 0 Å². The van der Waals surface area contributed by atoms with E-state index in [9.17, 15) is 9.50 Å². The maximum atomic E-state index is 13.6. The molecule has 1 fully saturated rings. The first-order valence-corrected chi connectivity index (χ1v) is 6.66. The van der Waals surface area contributed by atoms with Gasteiger partial charge in [-0.3, -0.25) is 9.88 Å². The van der Waals surface area contributed by atoms with Gasteiger partial charge in [0.05, 0.1) is 11.6 Å². The van der Waals surface area contributed by atoms with Gasteiger partial charge in [-0.25, -0.2) is 4.39 Å². The number of hydrogen-bond donors (Lipinski definition) is 1. The highest BCUT2D eigenvalue weighted by atomic mass is 19.1. The van der Waals surface area contributed by atoms with Crippen LogP contribution in [-0.4, -0.2) is 34.2 Å². The highest BCUT2D eigenvalue weighted by Gasteiger charge is 2.18. The number of rotatable bonds is 2. The Kier molecular flexibility index (Phi) is 3.44. The van der Waals surface area contributed by atoms with Crippen LogP contribution in [0.2, 0.25) is 0 Å². The molecular formula is C15H17FN2O. The standard InChI is InChI=1S/C15H17FN2O/c16-13-7-11-3-1-5-17-15(11)12(8-13)9-18-6-2-4-14(19)10-18/h1,3,5,7-8,14,19H,2,4,6,9-10H2/t14-/m0/s1. The predicted molar refractivity (Wildman–Crippen MR) is 72.2 cm³/mol. The number of aromatic nitrogens is 1. The first-order chi connectivity index (χ1) is 9.22. The molecule has 1 N–H and O–H groups in total. The lowest BCUT2D eigenvalue weighted by Gasteiger charge is -2.30. The van der Waals surface area contributed by atoms with Crippen LogP contribution >= 0.6 is 0 Å². The molecule has 1 aliphatic rings. The number of aliphatic hydroxyl groups excluding tert-OH is 1. The van der Waals surface area contributed by atoms with E-state index in [1.54, 1.807) is 12.3 Å². The van der Waals surface area contributed by atoms with E-state index in [0.717, 1.165) is 35.9 Å². The number of aliphatic hydroxyl groups is 1. The van der Waals surface area contributed by atoms with E-state index in [1.165, 1.54) is 6.07 Å². The third kappa shape index (κ3) is 2.74. The Labute approximate surface area is 111 Å².